The van der Waals surface area contributed by atoms with E-state index in [1.807, 2.05) is 9.58 Å². The molecule has 0 saturated heterocycles. The summed E-state index contributed by atoms with van der Waals surface area (Å²) in [5, 5.41) is 4.34. The Hall–Kier alpha value is -1.34. The van der Waals surface area contributed by atoms with Crippen LogP contribution in [0.25, 0.3) is 0 Å². The minimum Gasteiger partial charge on any atom is -0.335 e. The fourth-order valence-electron chi connectivity index (χ4n) is 1.92. The molecule has 0 aliphatic carbocycles. The van der Waals surface area contributed by atoms with E-state index in [0.29, 0.717) is 12.5 Å². The Balaban J connectivity index is 1.93. The highest BCUT2D eigenvalue weighted by Gasteiger charge is 2.21. The van der Waals surface area contributed by atoms with Crippen molar-refractivity contribution < 1.29 is 0 Å². The van der Waals surface area contributed by atoms with Crippen LogP contribution in [-0.2, 0) is 13.1 Å². The van der Waals surface area contributed by atoms with Crippen molar-refractivity contribution in [1.29, 1.82) is 0 Å². The van der Waals surface area contributed by atoms with Gasteiger partial charge in [0, 0.05) is 6.54 Å². The van der Waals surface area contributed by atoms with E-state index in [2.05, 4.69) is 31.0 Å². The zero-order valence-electron chi connectivity index (χ0n) is 9.23. The van der Waals surface area contributed by atoms with E-state index in [1.165, 1.54) is 6.20 Å². The van der Waals surface area contributed by atoms with Crippen molar-refractivity contribution in [1.82, 2.24) is 19.7 Å². The molecule has 0 aromatic carbocycles. The summed E-state index contributed by atoms with van der Waals surface area (Å²) in [7, 11) is 0. The van der Waals surface area contributed by atoms with Crippen molar-refractivity contribution in [2.45, 2.75) is 13.1 Å². The Bertz CT molecular complexity index is 652. The van der Waals surface area contributed by atoms with Crippen LogP contribution >= 0.6 is 27.5 Å². The third-order valence-corrected chi connectivity index (χ3v) is 3.79. The second-order valence-corrected chi connectivity index (χ2v) is 5.23. The number of hydrogen-bond acceptors (Lipinski definition) is 4. The van der Waals surface area contributed by atoms with Gasteiger partial charge in [0.1, 0.15) is 5.02 Å². The molecule has 8 heteroatoms. The molecule has 3 heterocycles. The lowest BCUT2D eigenvalue weighted by Gasteiger charge is -2.28. The second-order valence-electron chi connectivity index (χ2n) is 3.97. The van der Waals surface area contributed by atoms with Crippen LogP contribution < -0.4 is 10.5 Å². The molecule has 3 rings (SSSR count). The Morgan fingerprint density at radius 3 is 3.00 bits per heavy atom. The summed E-state index contributed by atoms with van der Waals surface area (Å²) in [6.07, 6.45) is 3.15. The molecule has 1 aliphatic heterocycles. The standard InChI is InChI=1S/C10H9BrClN5O/c11-6-3-14-17-2-1-16(5-8(6)17)10-13-4-7(12)9(18)15-10/h3-4H,1-2,5H2,(H,13,15,18). The van der Waals surface area contributed by atoms with Crippen LogP contribution in [0.3, 0.4) is 0 Å². The smallest absolute Gasteiger partial charge is 0.271 e. The lowest BCUT2D eigenvalue weighted by atomic mass is 10.3. The van der Waals surface area contributed by atoms with Crippen LogP contribution in [0.15, 0.2) is 21.7 Å². The van der Waals surface area contributed by atoms with Gasteiger partial charge in [-0.3, -0.25) is 14.5 Å². The van der Waals surface area contributed by atoms with E-state index in [1.54, 1.807) is 6.20 Å². The highest BCUT2D eigenvalue weighted by molar-refractivity contribution is 9.10. The fraction of sp³-hybridized carbons (Fsp3) is 0.300. The molecule has 6 nitrogen and oxygen atoms in total. The van der Waals surface area contributed by atoms with Crippen LogP contribution in [0.1, 0.15) is 5.69 Å². The largest absolute Gasteiger partial charge is 0.335 e. The molecule has 18 heavy (non-hydrogen) atoms. The highest BCUT2D eigenvalue weighted by Crippen LogP contribution is 2.23. The molecule has 0 fully saturated rings. The molecule has 1 aliphatic rings. The zero-order chi connectivity index (χ0) is 12.7. The summed E-state index contributed by atoms with van der Waals surface area (Å²) in [6.45, 7) is 2.14. The first-order valence-corrected chi connectivity index (χ1v) is 6.52. The quantitative estimate of drug-likeness (QED) is 0.858. The van der Waals surface area contributed by atoms with Crippen LogP contribution in [-0.4, -0.2) is 26.3 Å². The van der Waals surface area contributed by atoms with E-state index in [9.17, 15) is 4.79 Å². The lowest BCUT2D eigenvalue weighted by Crippen LogP contribution is -2.36. The maximum atomic E-state index is 11.5. The predicted molar refractivity (Wildman–Crippen MR) is 70.8 cm³/mol. The number of nitrogens with one attached hydrogen (secondary N) is 1. The van der Waals surface area contributed by atoms with Crippen molar-refractivity contribution in [2.24, 2.45) is 0 Å². The molecule has 0 saturated carbocycles. The van der Waals surface area contributed by atoms with Gasteiger partial charge in [-0.2, -0.15) is 5.10 Å². The number of halogens is 2. The summed E-state index contributed by atoms with van der Waals surface area (Å²) in [6, 6.07) is 0. The average molecular weight is 331 g/mol. The second kappa shape index (κ2) is 4.40. The number of H-pyrrole nitrogens is 1. The zero-order valence-corrected chi connectivity index (χ0v) is 11.6. The normalized spacial score (nSPS) is 14.7. The number of hydrogen-bond donors (Lipinski definition) is 1. The molecule has 0 radical (unpaired) electrons. The summed E-state index contributed by atoms with van der Waals surface area (Å²) in [5.74, 6) is 0.531. The maximum Gasteiger partial charge on any atom is 0.271 e. The number of nitrogens with zero attached hydrogens (tertiary/aromatic N) is 4. The first-order valence-electron chi connectivity index (χ1n) is 5.35. The molecule has 1 N–H and O–H groups in total. The fourth-order valence-corrected chi connectivity index (χ4v) is 2.44. The number of aromatic amines is 1. The Labute approximate surface area is 116 Å². The highest BCUT2D eigenvalue weighted by atomic mass is 79.9. The average Bonchev–Trinajstić information content (AvgIpc) is 2.74. The molecule has 2 aromatic heterocycles. The van der Waals surface area contributed by atoms with Gasteiger partial charge in [0.05, 0.1) is 35.6 Å². The Morgan fingerprint density at radius 2 is 2.22 bits per heavy atom. The van der Waals surface area contributed by atoms with Crippen LogP contribution in [0.4, 0.5) is 5.95 Å². The Morgan fingerprint density at radius 1 is 1.39 bits per heavy atom. The monoisotopic (exact) mass is 329 g/mol. The van der Waals surface area contributed by atoms with E-state index < -0.39 is 0 Å². The number of anilines is 1. The van der Waals surface area contributed by atoms with Gasteiger partial charge in [0.15, 0.2) is 0 Å². The van der Waals surface area contributed by atoms with Crippen molar-refractivity contribution in [3.05, 3.63) is 37.9 Å². The summed E-state index contributed by atoms with van der Waals surface area (Å²) in [4.78, 5) is 20.3. The van der Waals surface area contributed by atoms with Gasteiger partial charge in [0.25, 0.3) is 5.56 Å². The van der Waals surface area contributed by atoms with E-state index in [0.717, 1.165) is 23.3 Å². The van der Waals surface area contributed by atoms with Crippen molar-refractivity contribution in [3.63, 3.8) is 0 Å². The third kappa shape index (κ3) is 1.93. The first kappa shape index (κ1) is 11.7. The predicted octanol–water partition coefficient (Wildman–Crippen LogP) is 1.40. The third-order valence-electron chi connectivity index (χ3n) is 2.86. The van der Waals surface area contributed by atoms with Crippen molar-refractivity contribution in [3.8, 4) is 0 Å². The molecular formula is C10H9BrClN5O. The van der Waals surface area contributed by atoms with Crippen LogP contribution in [0.5, 0.6) is 0 Å². The molecule has 0 unspecified atom stereocenters. The van der Waals surface area contributed by atoms with Crippen LogP contribution in [0.2, 0.25) is 5.02 Å². The van der Waals surface area contributed by atoms with Crippen LogP contribution in [0, 0.1) is 0 Å². The molecule has 0 spiro atoms. The summed E-state index contributed by atoms with van der Waals surface area (Å²) < 4.78 is 2.90. The molecule has 0 bridgehead atoms. The van der Waals surface area contributed by atoms with Gasteiger partial charge in [-0.1, -0.05) is 11.6 Å². The number of fused-ring (bicyclic) bond motifs is 1. The molecule has 0 amide bonds. The van der Waals surface area contributed by atoms with E-state index in [-0.39, 0.29) is 10.6 Å². The van der Waals surface area contributed by atoms with Gasteiger partial charge in [-0.25, -0.2) is 4.98 Å². The summed E-state index contributed by atoms with van der Waals surface area (Å²) in [5.41, 5.74) is 0.749. The van der Waals surface area contributed by atoms with Gasteiger partial charge in [-0.05, 0) is 15.9 Å². The number of rotatable bonds is 1. The van der Waals surface area contributed by atoms with Gasteiger partial charge < -0.3 is 4.90 Å². The van der Waals surface area contributed by atoms with Crippen molar-refractivity contribution in [2.75, 3.05) is 11.4 Å². The minimum atomic E-state index is -0.320. The number of aromatic nitrogens is 4. The van der Waals surface area contributed by atoms with Gasteiger partial charge in [-0.15, -0.1) is 0 Å². The SMILES string of the molecule is O=c1[nH]c(N2CCn3ncc(Br)c3C2)ncc1Cl. The molecule has 0 atom stereocenters. The van der Waals surface area contributed by atoms with Gasteiger partial charge in [0.2, 0.25) is 5.95 Å². The Kier molecular flexibility index (Phi) is 2.87. The summed E-state index contributed by atoms with van der Waals surface area (Å²) >= 11 is 9.12. The molecule has 94 valence electrons. The minimum absolute atomic E-state index is 0.0991. The van der Waals surface area contributed by atoms with Crippen molar-refractivity contribution >= 4 is 33.5 Å². The first-order chi connectivity index (χ1) is 8.65. The topological polar surface area (TPSA) is 66.8 Å². The molecule has 2 aromatic rings. The van der Waals surface area contributed by atoms with E-state index in [4.69, 9.17) is 11.6 Å². The molecular weight excluding hydrogens is 322 g/mol. The van der Waals surface area contributed by atoms with Gasteiger partial charge >= 0.3 is 0 Å². The lowest BCUT2D eigenvalue weighted by molar-refractivity contribution is 0.512. The van der Waals surface area contributed by atoms with E-state index >= 15 is 0 Å². The maximum absolute atomic E-state index is 11.5.